The van der Waals surface area contributed by atoms with Gasteiger partial charge in [-0.2, -0.15) is 5.10 Å². The second kappa shape index (κ2) is 8.55. The molecule has 0 unspecified atom stereocenters. The summed E-state index contributed by atoms with van der Waals surface area (Å²) in [5.41, 5.74) is 3.17. The number of carbonyl (C=O) groups is 1. The van der Waals surface area contributed by atoms with Gasteiger partial charge in [-0.1, -0.05) is 33.6 Å². The van der Waals surface area contributed by atoms with Crippen molar-refractivity contribution in [2.45, 2.75) is 0 Å². The van der Waals surface area contributed by atoms with Gasteiger partial charge in [0, 0.05) is 15.1 Å². The Hall–Kier alpha value is -2.05. The fourth-order valence-corrected chi connectivity index (χ4v) is 2.19. The van der Waals surface area contributed by atoms with Crippen molar-refractivity contribution in [2.75, 3.05) is 13.7 Å². The minimum Gasteiger partial charge on any atom is -0.497 e. The fraction of sp³-hybridized carbons (Fsp3) is 0.125. The fourth-order valence-electron chi connectivity index (χ4n) is 1.66. The van der Waals surface area contributed by atoms with Crippen molar-refractivity contribution in [3.8, 4) is 11.5 Å². The van der Waals surface area contributed by atoms with Gasteiger partial charge < -0.3 is 9.47 Å². The molecule has 1 N–H and O–H groups in total. The van der Waals surface area contributed by atoms with Crippen LogP contribution in [0.1, 0.15) is 5.56 Å². The molecule has 0 spiro atoms. The molecule has 1 amide bonds. The molecule has 0 heterocycles. The van der Waals surface area contributed by atoms with Gasteiger partial charge >= 0.3 is 0 Å². The Kier molecular flexibility index (Phi) is 6.43. The number of nitrogens with zero attached hydrogens (tertiary/aromatic N) is 1. The van der Waals surface area contributed by atoms with E-state index in [1.165, 1.54) is 6.21 Å². The van der Waals surface area contributed by atoms with Crippen LogP contribution in [0.3, 0.4) is 0 Å². The molecule has 0 atom stereocenters. The van der Waals surface area contributed by atoms with Gasteiger partial charge in [-0.25, -0.2) is 5.43 Å². The zero-order valence-corrected chi connectivity index (χ0v) is 14.6. The summed E-state index contributed by atoms with van der Waals surface area (Å²) in [6.45, 7) is -0.156. The van der Waals surface area contributed by atoms with Crippen LogP contribution >= 0.6 is 27.5 Å². The highest BCUT2D eigenvalue weighted by Gasteiger charge is 2.03. The number of carbonyl (C=O) groups excluding carboxylic acids is 1. The summed E-state index contributed by atoms with van der Waals surface area (Å²) in [5, 5.41) is 4.44. The van der Waals surface area contributed by atoms with Gasteiger partial charge in [-0.3, -0.25) is 4.79 Å². The summed E-state index contributed by atoms with van der Waals surface area (Å²) in [5.74, 6) is 0.845. The monoisotopic (exact) mass is 396 g/mol. The molecule has 0 saturated carbocycles. The topological polar surface area (TPSA) is 59.9 Å². The number of benzene rings is 2. The third-order valence-corrected chi connectivity index (χ3v) is 3.72. The van der Waals surface area contributed by atoms with Crippen molar-refractivity contribution in [2.24, 2.45) is 5.10 Å². The Bertz CT molecular complexity index is 722. The van der Waals surface area contributed by atoms with Crippen LogP contribution in [0.25, 0.3) is 0 Å². The molecule has 5 nitrogen and oxygen atoms in total. The highest BCUT2D eigenvalue weighted by molar-refractivity contribution is 9.10. The smallest absolute Gasteiger partial charge is 0.277 e. The molecule has 0 aliphatic rings. The van der Waals surface area contributed by atoms with Gasteiger partial charge in [0.2, 0.25) is 0 Å². The zero-order chi connectivity index (χ0) is 16.7. The van der Waals surface area contributed by atoms with Crippen LogP contribution in [0, 0.1) is 0 Å². The van der Waals surface area contributed by atoms with Crippen molar-refractivity contribution in [3.63, 3.8) is 0 Å². The van der Waals surface area contributed by atoms with E-state index in [0.29, 0.717) is 16.5 Å². The lowest BCUT2D eigenvalue weighted by atomic mass is 10.2. The summed E-state index contributed by atoms with van der Waals surface area (Å²) in [6, 6.07) is 12.3. The van der Waals surface area contributed by atoms with Gasteiger partial charge in [-0.15, -0.1) is 0 Å². The standard InChI is InChI=1S/C16H14BrClN2O3/c1-22-13-5-6-15(17)11(7-13)9-19-20-16(21)10-23-14-4-2-3-12(18)8-14/h2-9H,10H2,1H3,(H,20,21)/b19-9-. The first-order valence-corrected chi connectivity index (χ1v) is 7.79. The van der Waals surface area contributed by atoms with E-state index in [1.807, 2.05) is 12.1 Å². The predicted octanol–water partition coefficient (Wildman–Crippen LogP) is 3.64. The highest BCUT2D eigenvalue weighted by Crippen LogP contribution is 2.20. The van der Waals surface area contributed by atoms with E-state index in [9.17, 15) is 4.79 Å². The van der Waals surface area contributed by atoms with Crippen molar-refractivity contribution in [3.05, 3.63) is 57.5 Å². The quantitative estimate of drug-likeness (QED) is 0.598. The van der Waals surface area contributed by atoms with Gasteiger partial charge in [0.15, 0.2) is 6.61 Å². The Labute approximate surface area is 147 Å². The molecular formula is C16H14BrClN2O3. The maximum atomic E-state index is 11.7. The van der Waals surface area contributed by atoms with E-state index in [4.69, 9.17) is 21.1 Å². The van der Waals surface area contributed by atoms with Crippen molar-refractivity contribution in [1.29, 1.82) is 0 Å². The van der Waals surface area contributed by atoms with Crippen molar-refractivity contribution < 1.29 is 14.3 Å². The number of rotatable bonds is 6. The minimum absolute atomic E-state index is 0.156. The molecule has 0 aliphatic carbocycles. The Morgan fingerprint density at radius 1 is 1.30 bits per heavy atom. The molecule has 120 valence electrons. The van der Waals surface area contributed by atoms with Crippen LogP contribution in [-0.4, -0.2) is 25.8 Å². The first kappa shape index (κ1) is 17.3. The summed E-state index contributed by atoms with van der Waals surface area (Å²) >= 11 is 9.23. The van der Waals surface area contributed by atoms with E-state index in [0.717, 1.165) is 10.0 Å². The van der Waals surface area contributed by atoms with Crippen LogP contribution in [0.2, 0.25) is 5.02 Å². The number of ether oxygens (including phenoxy) is 2. The first-order valence-electron chi connectivity index (χ1n) is 6.62. The van der Waals surface area contributed by atoms with Crippen LogP contribution < -0.4 is 14.9 Å². The summed E-state index contributed by atoms with van der Waals surface area (Å²) < 4.78 is 11.3. The number of nitrogens with one attached hydrogen (secondary N) is 1. The lowest BCUT2D eigenvalue weighted by Crippen LogP contribution is -2.24. The van der Waals surface area contributed by atoms with Gasteiger partial charge in [-0.05, 0) is 36.4 Å². The minimum atomic E-state index is -0.375. The van der Waals surface area contributed by atoms with E-state index in [2.05, 4.69) is 26.5 Å². The number of methoxy groups -OCH3 is 1. The van der Waals surface area contributed by atoms with E-state index in [-0.39, 0.29) is 12.5 Å². The zero-order valence-electron chi connectivity index (χ0n) is 12.3. The maximum Gasteiger partial charge on any atom is 0.277 e. The molecule has 7 heteroatoms. The molecular weight excluding hydrogens is 384 g/mol. The average molecular weight is 398 g/mol. The van der Waals surface area contributed by atoms with E-state index < -0.39 is 0 Å². The molecule has 23 heavy (non-hydrogen) atoms. The normalized spacial score (nSPS) is 10.6. The molecule has 0 saturated heterocycles. The Balaban J connectivity index is 1.86. The molecule has 0 aliphatic heterocycles. The number of hydrogen-bond acceptors (Lipinski definition) is 4. The number of amides is 1. The second-order valence-electron chi connectivity index (χ2n) is 4.43. The van der Waals surface area contributed by atoms with Crippen LogP contribution in [-0.2, 0) is 4.79 Å². The third-order valence-electron chi connectivity index (χ3n) is 2.76. The van der Waals surface area contributed by atoms with E-state index in [1.54, 1.807) is 37.4 Å². The largest absolute Gasteiger partial charge is 0.497 e. The SMILES string of the molecule is COc1ccc(Br)c(/C=N\NC(=O)COc2cccc(Cl)c2)c1. The average Bonchev–Trinajstić information content (AvgIpc) is 2.55. The third kappa shape index (κ3) is 5.58. The van der Waals surface area contributed by atoms with Gasteiger partial charge in [0.25, 0.3) is 5.91 Å². The van der Waals surface area contributed by atoms with E-state index >= 15 is 0 Å². The number of hydrogen-bond donors (Lipinski definition) is 1. The second-order valence-corrected chi connectivity index (χ2v) is 5.72. The van der Waals surface area contributed by atoms with Crippen LogP contribution in [0.15, 0.2) is 52.0 Å². The molecule has 2 aromatic carbocycles. The molecule has 2 aromatic rings. The van der Waals surface area contributed by atoms with Crippen LogP contribution in [0.4, 0.5) is 0 Å². The predicted molar refractivity (Wildman–Crippen MR) is 93.4 cm³/mol. The number of halogens is 2. The lowest BCUT2D eigenvalue weighted by molar-refractivity contribution is -0.123. The molecule has 0 bridgehead atoms. The Morgan fingerprint density at radius 3 is 2.87 bits per heavy atom. The lowest BCUT2D eigenvalue weighted by Gasteiger charge is -2.05. The van der Waals surface area contributed by atoms with Gasteiger partial charge in [0.05, 0.1) is 13.3 Å². The molecule has 2 rings (SSSR count). The first-order chi connectivity index (χ1) is 11.1. The number of hydrazone groups is 1. The molecule has 0 aromatic heterocycles. The Morgan fingerprint density at radius 2 is 2.13 bits per heavy atom. The highest BCUT2D eigenvalue weighted by atomic mass is 79.9. The maximum absolute atomic E-state index is 11.7. The van der Waals surface area contributed by atoms with Crippen LogP contribution in [0.5, 0.6) is 11.5 Å². The molecule has 0 fully saturated rings. The molecule has 0 radical (unpaired) electrons. The van der Waals surface area contributed by atoms with Gasteiger partial charge in [0.1, 0.15) is 11.5 Å². The van der Waals surface area contributed by atoms with Crippen molar-refractivity contribution in [1.82, 2.24) is 5.43 Å². The summed E-state index contributed by atoms with van der Waals surface area (Å²) in [7, 11) is 1.58. The van der Waals surface area contributed by atoms with Crippen molar-refractivity contribution >= 4 is 39.7 Å². The summed E-state index contributed by atoms with van der Waals surface area (Å²) in [4.78, 5) is 11.7. The summed E-state index contributed by atoms with van der Waals surface area (Å²) in [6.07, 6.45) is 1.52.